The summed E-state index contributed by atoms with van der Waals surface area (Å²) in [7, 11) is 0. The summed E-state index contributed by atoms with van der Waals surface area (Å²) in [4.78, 5) is 12.3. The maximum Gasteiger partial charge on any atom is 0.322 e. The number of benzene rings is 2. The third-order valence-corrected chi connectivity index (χ3v) is 4.02. The Bertz CT molecular complexity index is 930. The van der Waals surface area contributed by atoms with Crippen LogP contribution in [0, 0.1) is 13.8 Å². The molecule has 3 aromatic rings. The summed E-state index contributed by atoms with van der Waals surface area (Å²) in [5.41, 5.74) is 3.98. The molecule has 0 aliphatic carbocycles. The summed E-state index contributed by atoms with van der Waals surface area (Å²) in [6.45, 7) is 8.00. The molecule has 27 heavy (non-hydrogen) atoms. The second-order valence-corrected chi connectivity index (χ2v) is 6.75. The van der Waals surface area contributed by atoms with Gasteiger partial charge in [0.2, 0.25) is 5.89 Å². The quantitative estimate of drug-likeness (QED) is 0.704. The molecule has 3 rings (SSSR count). The first-order chi connectivity index (χ1) is 12.9. The number of aromatic nitrogens is 2. The average molecular weight is 365 g/mol. The van der Waals surface area contributed by atoms with Gasteiger partial charge in [0.25, 0.3) is 5.91 Å². The van der Waals surface area contributed by atoms with Crippen molar-refractivity contribution in [2.45, 2.75) is 40.2 Å². The average Bonchev–Trinajstić information content (AvgIpc) is 3.04. The van der Waals surface area contributed by atoms with Crippen LogP contribution >= 0.6 is 0 Å². The van der Waals surface area contributed by atoms with E-state index in [1.165, 1.54) is 11.1 Å². The van der Waals surface area contributed by atoms with Gasteiger partial charge in [0, 0.05) is 5.56 Å². The summed E-state index contributed by atoms with van der Waals surface area (Å²) in [5.74, 6) is 0.862. The van der Waals surface area contributed by atoms with Crippen molar-refractivity contribution in [3.8, 4) is 5.75 Å². The van der Waals surface area contributed by atoms with Gasteiger partial charge in [-0.15, -0.1) is 5.10 Å². The number of hydrogen-bond donors (Lipinski definition) is 1. The smallest absolute Gasteiger partial charge is 0.322 e. The van der Waals surface area contributed by atoms with E-state index in [-0.39, 0.29) is 18.0 Å². The maximum atomic E-state index is 12.3. The highest BCUT2D eigenvalue weighted by Crippen LogP contribution is 2.18. The number of carbonyl (C=O) groups is 1. The van der Waals surface area contributed by atoms with Gasteiger partial charge in [-0.2, -0.15) is 0 Å². The lowest BCUT2D eigenvalue weighted by molar-refractivity contribution is 0.102. The third kappa shape index (κ3) is 4.94. The van der Waals surface area contributed by atoms with Crippen LogP contribution in [0.4, 0.5) is 6.01 Å². The largest absolute Gasteiger partial charge is 0.491 e. The zero-order valence-corrected chi connectivity index (χ0v) is 15.9. The molecule has 0 aliphatic heterocycles. The minimum atomic E-state index is -0.312. The molecule has 1 amide bonds. The lowest BCUT2D eigenvalue weighted by Crippen LogP contribution is -2.12. The van der Waals surface area contributed by atoms with Crippen LogP contribution < -0.4 is 10.1 Å². The van der Waals surface area contributed by atoms with E-state index in [4.69, 9.17) is 9.15 Å². The predicted octanol–water partition coefficient (Wildman–Crippen LogP) is 4.32. The molecule has 6 heteroatoms. The SMILES string of the molecule is Cc1ccc(Cc2nnc(NC(=O)c3ccc(OC(C)C)cc3)o2)c(C)c1. The summed E-state index contributed by atoms with van der Waals surface area (Å²) in [6, 6.07) is 13.2. The fraction of sp³-hybridized carbons (Fsp3) is 0.286. The Balaban J connectivity index is 1.63. The highest BCUT2D eigenvalue weighted by atomic mass is 16.5. The molecule has 0 atom stereocenters. The van der Waals surface area contributed by atoms with Gasteiger partial charge in [0.1, 0.15) is 5.75 Å². The molecule has 0 spiro atoms. The Labute approximate surface area is 158 Å². The van der Waals surface area contributed by atoms with Gasteiger partial charge >= 0.3 is 6.01 Å². The fourth-order valence-corrected chi connectivity index (χ4v) is 2.71. The van der Waals surface area contributed by atoms with Crippen molar-refractivity contribution in [3.05, 3.63) is 70.6 Å². The van der Waals surface area contributed by atoms with Crippen molar-refractivity contribution in [2.75, 3.05) is 5.32 Å². The van der Waals surface area contributed by atoms with E-state index in [9.17, 15) is 4.79 Å². The van der Waals surface area contributed by atoms with Crippen molar-refractivity contribution < 1.29 is 13.9 Å². The van der Waals surface area contributed by atoms with Gasteiger partial charge in [-0.1, -0.05) is 28.9 Å². The zero-order valence-electron chi connectivity index (χ0n) is 15.9. The van der Waals surface area contributed by atoms with Crippen LogP contribution in [0.25, 0.3) is 0 Å². The minimum Gasteiger partial charge on any atom is -0.491 e. The number of anilines is 1. The molecule has 0 radical (unpaired) electrons. The molecular weight excluding hydrogens is 342 g/mol. The molecule has 6 nitrogen and oxygen atoms in total. The number of hydrogen-bond acceptors (Lipinski definition) is 5. The summed E-state index contributed by atoms with van der Waals surface area (Å²) in [6.07, 6.45) is 0.606. The van der Waals surface area contributed by atoms with E-state index in [0.717, 1.165) is 11.3 Å². The number of rotatable bonds is 6. The molecular formula is C21H23N3O3. The van der Waals surface area contributed by atoms with E-state index in [1.54, 1.807) is 24.3 Å². The van der Waals surface area contributed by atoms with Gasteiger partial charge in [-0.25, -0.2) is 0 Å². The Hall–Kier alpha value is -3.15. The number of nitrogens with zero attached hydrogens (tertiary/aromatic N) is 2. The molecule has 0 fully saturated rings. The fourth-order valence-electron chi connectivity index (χ4n) is 2.71. The van der Waals surface area contributed by atoms with Gasteiger partial charge in [0.15, 0.2) is 0 Å². The van der Waals surface area contributed by atoms with Crippen LogP contribution in [0.2, 0.25) is 0 Å². The lowest BCUT2D eigenvalue weighted by Gasteiger charge is -2.09. The molecule has 0 aliphatic rings. The van der Waals surface area contributed by atoms with Gasteiger partial charge in [-0.3, -0.25) is 10.1 Å². The molecule has 2 aromatic carbocycles. The standard InChI is InChI=1S/C21H23N3O3/c1-13(2)26-18-9-7-16(8-10-18)20(25)22-21-24-23-19(27-21)12-17-6-5-14(3)11-15(17)4/h5-11,13H,12H2,1-4H3,(H,22,24,25). The highest BCUT2D eigenvalue weighted by Gasteiger charge is 2.13. The minimum absolute atomic E-state index is 0.0821. The highest BCUT2D eigenvalue weighted by molar-refractivity contribution is 6.03. The van der Waals surface area contributed by atoms with Gasteiger partial charge in [-0.05, 0) is 63.1 Å². The summed E-state index contributed by atoms with van der Waals surface area (Å²) < 4.78 is 11.1. The molecule has 0 saturated heterocycles. The van der Waals surface area contributed by atoms with Crippen molar-refractivity contribution in [1.29, 1.82) is 0 Å². The molecule has 1 aromatic heterocycles. The van der Waals surface area contributed by atoms with Crippen LogP contribution in [0.15, 0.2) is 46.9 Å². The first-order valence-corrected chi connectivity index (χ1v) is 8.87. The van der Waals surface area contributed by atoms with Crippen LogP contribution in [0.1, 0.15) is 46.8 Å². The first-order valence-electron chi connectivity index (χ1n) is 8.87. The molecule has 0 saturated carbocycles. The number of ether oxygens (including phenoxy) is 1. The van der Waals surface area contributed by atoms with E-state index in [2.05, 4.69) is 28.5 Å². The summed E-state index contributed by atoms with van der Waals surface area (Å²) >= 11 is 0. The molecule has 140 valence electrons. The number of nitrogens with one attached hydrogen (secondary N) is 1. The molecule has 0 unspecified atom stereocenters. The second kappa shape index (κ2) is 8.03. The molecule has 1 N–H and O–H groups in total. The summed E-state index contributed by atoms with van der Waals surface area (Å²) in [5, 5.41) is 10.6. The Morgan fingerprint density at radius 1 is 1.11 bits per heavy atom. The Morgan fingerprint density at radius 3 is 2.52 bits per heavy atom. The van der Waals surface area contributed by atoms with Crippen molar-refractivity contribution in [3.63, 3.8) is 0 Å². The van der Waals surface area contributed by atoms with Crippen molar-refractivity contribution in [2.24, 2.45) is 0 Å². The second-order valence-electron chi connectivity index (χ2n) is 6.75. The first kappa shape index (κ1) is 18.6. The predicted molar refractivity (Wildman–Crippen MR) is 103 cm³/mol. The third-order valence-electron chi connectivity index (χ3n) is 4.02. The maximum absolute atomic E-state index is 12.3. The number of carbonyl (C=O) groups excluding carboxylic acids is 1. The Kier molecular flexibility index (Phi) is 5.54. The van der Waals surface area contributed by atoms with Gasteiger partial charge in [0.05, 0.1) is 12.5 Å². The number of amides is 1. The zero-order chi connectivity index (χ0) is 19.4. The van der Waals surface area contributed by atoms with Gasteiger partial charge < -0.3 is 9.15 Å². The normalized spacial score (nSPS) is 10.9. The van der Waals surface area contributed by atoms with E-state index in [0.29, 0.717) is 17.9 Å². The van der Waals surface area contributed by atoms with Crippen LogP contribution in [-0.4, -0.2) is 22.2 Å². The van der Waals surface area contributed by atoms with Crippen LogP contribution in [0.3, 0.4) is 0 Å². The van der Waals surface area contributed by atoms with Crippen molar-refractivity contribution in [1.82, 2.24) is 10.2 Å². The van der Waals surface area contributed by atoms with Crippen molar-refractivity contribution >= 4 is 11.9 Å². The molecule has 0 bridgehead atoms. The van der Waals surface area contributed by atoms with Crippen LogP contribution in [-0.2, 0) is 6.42 Å². The molecule has 1 heterocycles. The van der Waals surface area contributed by atoms with E-state index >= 15 is 0 Å². The Morgan fingerprint density at radius 2 is 1.85 bits per heavy atom. The van der Waals surface area contributed by atoms with E-state index in [1.807, 2.05) is 32.9 Å². The monoisotopic (exact) mass is 365 g/mol. The van der Waals surface area contributed by atoms with E-state index < -0.39 is 0 Å². The lowest BCUT2D eigenvalue weighted by atomic mass is 10.0. The number of aryl methyl sites for hydroxylation is 2. The van der Waals surface area contributed by atoms with Crippen LogP contribution in [0.5, 0.6) is 5.75 Å². The topological polar surface area (TPSA) is 77.2 Å².